The fraction of sp³-hybridized carbons (Fsp3) is 0.818. The van der Waals surface area contributed by atoms with Crippen molar-refractivity contribution in [1.82, 2.24) is 10.2 Å². The number of hydrogen-bond donors (Lipinski definition) is 2. The van der Waals surface area contributed by atoms with Crippen molar-refractivity contribution in [3.8, 4) is 0 Å². The molecule has 1 atom stereocenters. The molecule has 1 amide bonds. The van der Waals surface area contributed by atoms with Gasteiger partial charge in [-0.05, 0) is 32.2 Å². The van der Waals surface area contributed by atoms with Crippen LogP contribution in [0, 0.1) is 5.92 Å². The normalized spacial score (nSPS) is 26.4. The number of likely N-dealkylation sites (tertiary alicyclic amines) is 1. The van der Waals surface area contributed by atoms with E-state index in [-0.39, 0.29) is 24.4 Å². The third-order valence-corrected chi connectivity index (χ3v) is 3.16. The molecule has 1 aliphatic carbocycles. The molecule has 0 aromatic carbocycles. The van der Waals surface area contributed by atoms with Crippen molar-refractivity contribution in [3.63, 3.8) is 0 Å². The van der Waals surface area contributed by atoms with Crippen LogP contribution in [0.4, 0.5) is 0 Å². The molecule has 2 N–H and O–H groups in total. The number of amides is 1. The second-order valence-electron chi connectivity index (χ2n) is 4.75. The molecular weight excluding hydrogens is 208 g/mol. The van der Waals surface area contributed by atoms with Crippen LogP contribution in [0.3, 0.4) is 0 Å². The molecule has 0 radical (unpaired) electrons. The Bertz CT molecular complexity index is 289. The fourth-order valence-corrected chi connectivity index (χ4v) is 2.17. The number of carboxylic acids is 1. The van der Waals surface area contributed by atoms with Crippen molar-refractivity contribution in [3.05, 3.63) is 0 Å². The Kier molecular flexibility index (Phi) is 3.43. The molecule has 5 nitrogen and oxygen atoms in total. The van der Waals surface area contributed by atoms with Gasteiger partial charge in [-0.15, -0.1) is 0 Å². The van der Waals surface area contributed by atoms with Crippen molar-refractivity contribution in [2.24, 2.45) is 5.92 Å². The highest BCUT2D eigenvalue weighted by Gasteiger charge is 2.32. The van der Waals surface area contributed by atoms with E-state index >= 15 is 0 Å². The number of hydrogen-bond acceptors (Lipinski definition) is 3. The van der Waals surface area contributed by atoms with E-state index in [0.29, 0.717) is 6.54 Å². The summed E-state index contributed by atoms with van der Waals surface area (Å²) in [6.07, 6.45) is 3.95. The van der Waals surface area contributed by atoms with E-state index in [9.17, 15) is 9.59 Å². The summed E-state index contributed by atoms with van der Waals surface area (Å²) in [5, 5.41) is 11.7. The minimum atomic E-state index is -0.797. The predicted molar refractivity (Wildman–Crippen MR) is 58.0 cm³/mol. The molecule has 2 fully saturated rings. The number of piperidine rings is 1. The van der Waals surface area contributed by atoms with Gasteiger partial charge in [0.2, 0.25) is 5.91 Å². The number of carboxylic acid groups (broad SMARTS) is 1. The average molecular weight is 226 g/mol. The van der Waals surface area contributed by atoms with Crippen LogP contribution in [0.15, 0.2) is 0 Å². The molecule has 1 heterocycles. The Balaban J connectivity index is 1.76. The summed E-state index contributed by atoms with van der Waals surface area (Å²) >= 11 is 0. The number of aliphatic carboxylic acids is 1. The molecule has 1 saturated heterocycles. The summed E-state index contributed by atoms with van der Waals surface area (Å²) in [5.74, 6) is -0.411. The first-order chi connectivity index (χ1) is 7.65. The zero-order valence-electron chi connectivity index (χ0n) is 9.32. The van der Waals surface area contributed by atoms with Gasteiger partial charge in [-0.2, -0.15) is 0 Å². The molecule has 5 heteroatoms. The molecule has 2 aliphatic rings. The van der Waals surface area contributed by atoms with Gasteiger partial charge in [-0.25, -0.2) is 0 Å². The van der Waals surface area contributed by atoms with Gasteiger partial charge in [0.15, 0.2) is 0 Å². The number of nitrogens with one attached hydrogen (secondary N) is 1. The van der Waals surface area contributed by atoms with Gasteiger partial charge in [0.25, 0.3) is 0 Å². The first-order valence-corrected chi connectivity index (χ1v) is 5.89. The van der Waals surface area contributed by atoms with Gasteiger partial charge in [-0.1, -0.05) is 0 Å². The molecule has 0 aromatic heterocycles. The molecule has 0 bridgehead atoms. The maximum atomic E-state index is 11.6. The van der Waals surface area contributed by atoms with Crippen LogP contribution >= 0.6 is 0 Å². The van der Waals surface area contributed by atoms with Crippen LogP contribution in [0.1, 0.15) is 25.7 Å². The first kappa shape index (κ1) is 11.4. The number of carbonyl (C=O) groups is 2. The largest absolute Gasteiger partial charge is 0.480 e. The Morgan fingerprint density at radius 1 is 1.31 bits per heavy atom. The molecule has 90 valence electrons. The monoisotopic (exact) mass is 226 g/mol. The zero-order chi connectivity index (χ0) is 11.5. The Morgan fingerprint density at radius 2 is 2.06 bits per heavy atom. The minimum absolute atomic E-state index is 0.0792. The van der Waals surface area contributed by atoms with Crippen LogP contribution in [0.5, 0.6) is 0 Å². The van der Waals surface area contributed by atoms with Crippen molar-refractivity contribution in [2.75, 3.05) is 19.6 Å². The average Bonchev–Trinajstić information content (AvgIpc) is 2.99. The van der Waals surface area contributed by atoms with Gasteiger partial charge >= 0.3 is 5.97 Å². The Hall–Kier alpha value is -1.10. The highest BCUT2D eigenvalue weighted by molar-refractivity contribution is 5.81. The van der Waals surface area contributed by atoms with E-state index in [1.165, 1.54) is 0 Å². The molecule has 16 heavy (non-hydrogen) atoms. The summed E-state index contributed by atoms with van der Waals surface area (Å²) in [7, 11) is 0. The molecule has 2 rings (SSSR count). The van der Waals surface area contributed by atoms with Gasteiger partial charge in [0.05, 0.1) is 6.54 Å². The summed E-state index contributed by atoms with van der Waals surface area (Å²) in [6, 6.07) is 0.140. The summed E-state index contributed by atoms with van der Waals surface area (Å²) in [6.45, 7) is 1.57. The Labute approximate surface area is 94.8 Å². The van der Waals surface area contributed by atoms with Crippen LogP contribution in [-0.2, 0) is 9.59 Å². The lowest BCUT2D eigenvalue weighted by Crippen LogP contribution is -2.49. The number of nitrogens with zero attached hydrogens (tertiary/aromatic N) is 1. The van der Waals surface area contributed by atoms with E-state index in [4.69, 9.17) is 5.11 Å². The lowest BCUT2D eigenvalue weighted by Gasteiger charge is -2.32. The van der Waals surface area contributed by atoms with Gasteiger partial charge < -0.3 is 10.4 Å². The van der Waals surface area contributed by atoms with E-state index in [1.54, 1.807) is 0 Å². The zero-order valence-corrected chi connectivity index (χ0v) is 9.32. The molecular formula is C11H18N2O3. The van der Waals surface area contributed by atoms with Crippen LogP contribution < -0.4 is 5.32 Å². The van der Waals surface area contributed by atoms with E-state index < -0.39 is 5.97 Å². The van der Waals surface area contributed by atoms with Crippen LogP contribution in [-0.4, -0.2) is 47.6 Å². The van der Waals surface area contributed by atoms with Crippen molar-refractivity contribution in [1.29, 1.82) is 0 Å². The summed E-state index contributed by atoms with van der Waals surface area (Å²) in [5.41, 5.74) is 0. The lowest BCUT2D eigenvalue weighted by molar-refractivity contribution is -0.138. The van der Waals surface area contributed by atoms with E-state index in [1.807, 2.05) is 4.90 Å². The lowest BCUT2D eigenvalue weighted by atomic mass is 10.1. The minimum Gasteiger partial charge on any atom is -0.480 e. The van der Waals surface area contributed by atoms with Crippen molar-refractivity contribution < 1.29 is 14.7 Å². The van der Waals surface area contributed by atoms with Gasteiger partial charge in [-0.3, -0.25) is 14.5 Å². The van der Waals surface area contributed by atoms with Gasteiger partial charge in [0.1, 0.15) is 0 Å². The summed E-state index contributed by atoms with van der Waals surface area (Å²) in [4.78, 5) is 24.0. The number of rotatable bonds is 4. The standard InChI is InChI=1S/C11H18N2O3/c14-10(15)7-13-5-1-2-9(6-13)12-11(16)8-3-4-8/h8-9H,1-7H2,(H,12,16)(H,14,15)/t9-/m0/s1. The molecule has 0 spiro atoms. The maximum absolute atomic E-state index is 11.6. The second-order valence-corrected chi connectivity index (χ2v) is 4.75. The van der Waals surface area contributed by atoms with E-state index in [2.05, 4.69) is 5.32 Å². The van der Waals surface area contributed by atoms with Crippen molar-refractivity contribution >= 4 is 11.9 Å². The predicted octanol–water partition coefficient (Wildman–Crippen LogP) is 0.0616. The van der Waals surface area contributed by atoms with Crippen molar-refractivity contribution in [2.45, 2.75) is 31.7 Å². The first-order valence-electron chi connectivity index (χ1n) is 5.89. The molecule has 0 unspecified atom stereocenters. The number of carbonyl (C=O) groups excluding carboxylic acids is 1. The molecule has 0 aromatic rings. The molecule has 1 saturated carbocycles. The highest BCUT2D eigenvalue weighted by Crippen LogP contribution is 2.29. The SMILES string of the molecule is O=C(O)CN1CCC[C@H](NC(=O)C2CC2)C1. The maximum Gasteiger partial charge on any atom is 0.317 e. The smallest absolute Gasteiger partial charge is 0.317 e. The topological polar surface area (TPSA) is 69.6 Å². The quantitative estimate of drug-likeness (QED) is 0.711. The summed E-state index contributed by atoms with van der Waals surface area (Å²) < 4.78 is 0. The third-order valence-electron chi connectivity index (χ3n) is 3.16. The fourth-order valence-electron chi connectivity index (χ4n) is 2.17. The van der Waals surface area contributed by atoms with Crippen LogP contribution in [0.2, 0.25) is 0 Å². The van der Waals surface area contributed by atoms with Gasteiger partial charge in [0, 0.05) is 18.5 Å². The highest BCUT2D eigenvalue weighted by atomic mass is 16.4. The third kappa shape index (κ3) is 3.20. The van der Waals surface area contributed by atoms with Crippen LogP contribution in [0.25, 0.3) is 0 Å². The van der Waals surface area contributed by atoms with E-state index in [0.717, 1.165) is 32.2 Å². The second kappa shape index (κ2) is 4.82. The Morgan fingerprint density at radius 3 is 2.69 bits per heavy atom. The molecule has 1 aliphatic heterocycles.